The van der Waals surface area contributed by atoms with Crippen LogP contribution in [0.3, 0.4) is 0 Å². The molecule has 2 rings (SSSR count). The minimum atomic E-state index is -2.59. The SMILES string of the molecule is O=C(O)C1(O)C[C@@H](O)C(O)[C@@](O)(C(=O)C=Cc2ccccc2)C1. The zero-order valence-corrected chi connectivity index (χ0v) is 12.2. The van der Waals surface area contributed by atoms with Gasteiger partial charge in [-0.25, -0.2) is 4.79 Å². The monoisotopic (exact) mass is 322 g/mol. The van der Waals surface area contributed by atoms with Crippen LogP contribution in [-0.4, -0.2) is 60.7 Å². The van der Waals surface area contributed by atoms with Gasteiger partial charge in [0.15, 0.2) is 17.0 Å². The molecule has 1 fully saturated rings. The Morgan fingerprint density at radius 1 is 1.13 bits per heavy atom. The van der Waals surface area contributed by atoms with Gasteiger partial charge in [0.25, 0.3) is 0 Å². The number of carbonyl (C=O) groups is 2. The average Bonchev–Trinajstić information content (AvgIpc) is 2.51. The zero-order chi connectivity index (χ0) is 17.3. The van der Waals surface area contributed by atoms with Gasteiger partial charge in [-0.05, 0) is 11.6 Å². The summed E-state index contributed by atoms with van der Waals surface area (Å²) in [5.74, 6) is -2.67. The lowest BCUT2D eigenvalue weighted by atomic mass is 9.70. The molecule has 0 aliphatic heterocycles. The van der Waals surface area contributed by atoms with E-state index in [2.05, 4.69) is 0 Å². The molecule has 1 aliphatic carbocycles. The van der Waals surface area contributed by atoms with E-state index < -0.39 is 48.0 Å². The fraction of sp³-hybridized carbons (Fsp3) is 0.375. The largest absolute Gasteiger partial charge is 0.479 e. The molecular weight excluding hydrogens is 304 g/mol. The van der Waals surface area contributed by atoms with Crippen molar-refractivity contribution in [1.82, 2.24) is 0 Å². The van der Waals surface area contributed by atoms with Crippen molar-refractivity contribution in [2.24, 2.45) is 0 Å². The number of aliphatic hydroxyl groups excluding tert-OH is 2. The first kappa shape index (κ1) is 17.3. The number of hydrogen-bond acceptors (Lipinski definition) is 6. The molecule has 0 amide bonds. The number of benzene rings is 1. The molecule has 7 nitrogen and oxygen atoms in total. The van der Waals surface area contributed by atoms with Crippen LogP contribution < -0.4 is 0 Å². The maximum Gasteiger partial charge on any atom is 0.335 e. The Morgan fingerprint density at radius 3 is 2.30 bits per heavy atom. The van der Waals surface area contributed by atoms with Gasteiger partial charge < -0.3 is 25.5 Å². The maximum atomic E-state index is 12.2. The highest BCUT2D eigenvalue weighted by molar-refractivity contribution is 6.01. The molecular formula is C16H18O7. The highest BCUT2D eigenvalue weighted by Gasteiger charge is 2.58. The molecule has 0 saturated heterocycles. The second-order valence-electron chi connectivity index (χ2n) is 5.76. The number of rotatable bonds is 4. The molecule has 0 heterocycles. The van der Waals surface area contributed by atoms with E-state index in [0.717, 1.165) is 6.08 Å². The van der Waals surface area contributed by atoms with Crippen molar-refractivity contribution in [3.05, 3.63) is 42.0 Å². The van der Waals surface area contributed by atoms with Crippen molar-refractivity contribution in [3.8, 4) is 0 Å². The van der Waals surface area contributed by atoms with Crippen LogP contribution in [0.1, 0.15) is 18.4 Å². The number of aliphatic hydroxyl groups is 4. The summed E-state index contributed by atoms with van der Waals surface area (Å²) in [5.41, 5.74) is -4.43. The van der Waals surface area contributed by atoms with Crippen LogP contribution >= 0.6 is 0 Å². The summed E-state index contributed by atoms with van der Waals surface area (Å²) >= 11 is 0. The summed E-state index contributed by atoms with van der Waals surface area (Å²) in [6.45, 7) is 0. The first-order valence-corrected chi connectivity index (χ1v) is 7.01. The summed E-state index contributed by atoms with van der Waals surface area (Å²) in [7, 11) is 0. The molecule has 1 saturated carbocycles. The summed E-state index contributed by atoms with van der Waals surface area (Å²) in [6, 6.07) is 8.66. The van der Waals surface area contributed by atoms with Crippen molar-refractivity contribution in [1.29, 1.82) is 0 Å². The van der Waals surface area contributed by atoms with E-state index in [0.29, 0.717) is 5.56 Å². The van der Waals surface area contributed by atoms with Crippen LogP contribution in [0, 0.1) is 0 Å². The van der Waals surface area contributed by atoms with Crippen LogP contribution in [0.5, 0.6) is 0 Å². The lowest BCUT2D eigenvalue weighted by Crippen LogP contribution is -2.65. The van der Waals surface area contributed by atoms with Crippen LogP contribution in [0.15, 0.2) is 36.4 Å². The third kappa shape index (κ3) is 3.32. The van der Waals surface area contributed by atoms with Gasteiger partial charge in [0.05, 0.1) is 6.10 Å². The normalized spacial score (nSPS) is 34.4. The second kappa shape index (κ2) is 6.21. The smallest absolute Gasteiger partial charge is 0.335 e. The van der Waals surface area contributed by atoms with E-state index in [9.17, 15) is 30.0 Å². The Labute approximate surface area is 132 Å². The summed E-state index contributed by atoms with van der Waals surface area (Å²) in [4.78, 5) is 23.4. The Morgan fingerprint density at radius 2 is 1.74 bits per heavy atom. The van der Waals surface area contributed by atoms with Crippen LogP contribution in [-0.2, 0) is 9.59 Å². The van der Waals surface area contributed by atoms with Crippen molar-refractivity contribution in [2.45, 2.75) is 36.3 Å². The standard InChI is InChI=1S/C16H18O7/c17-11-8-15(22,14(20)21)9-16(23,13(11)19)12(18)7-6-10-4-2-1-3-5-10/h1-7,11,13,17,19,22-23H,8-9H2,(H,20,21)/t11-,13?,15?,16+/m1/s1. The predicted molar refractivity (Wildman–Crippen MR) is 79.3 cm³/mol. The van der Waals surface area contributed by atoms with Crippen molar-refractivity contribution in [3.63, 3.8) is 0 Å². The molecule has 124 valence electrons. The van der Waals surface area contributed by atoms with Crippen LogP contribution in [0.25, 0.3) is 6.08 Å². The lowest BCUT2D eigenvalue weighted by Gasteiger charge is -2.44. The molecule has 5 N–H and O–H groups in total. The Hall–Kier alpha value is -2.06. The summed E-state index contributed by atoms with van der Waals surface area (Å²) < 4.78 is 0. The van der Waals surface area contributed by atoms with Gasteiger partial charge in [-0.2, -0.15) is 0 Å². The molecule has 7 heteroatoms. The molecule has 1 aliphatic rings. The van der Waals surface area contributed by atoms with E-state index in [-0.39, 0.29) is 0 Å². The van der Waals surface area contributed by atoms with Crippen molar-refractivity contribution >= 4 is 17.8 Å². The number of carboxylic acid groups (broad SMARTS) is 1. The summed E-state index contributed by atoms with van der Waals surface area (Å²) in [6.07, 6.45) is -2.86. The van der Waals surface area contributed by atoms with Gasteiger partial charge >= 0.3 is 5.97 Å². The number of carboxylic acids is 1. The second-order valence-corrected chi connectivity index (χ2v) is 5.76. The highest BCUT2D eigenvalue weighted by atomic mass is 16.4. The molecule has 0 spiro atoms. The highest BCUT2D eigenvalue weighted by Crippen LogP contribution is 2.37. The van der Waals surface area contributed by atoms with E-state index in [1.807, 2.05) is 0 Å². The minimum Gasteiger partial charge on any atom is -0.479 e. The van der Waals surface area contributed by atoms with Crippen LogP contribution in [0.4, 0.5) is 0 Å². The molecule has 0 aromatic heterocycles. The first-order chi connectivity index (χ1) is 10.7. The van der Waals surface area contributed by atoms with Crippen molar-refractivity contribution in [2.75, 3.05) is 0 Å². The summed E-state index contributed by atoms with van der Waals surface area (Å²) in [5, 5.41) is 49.1. The lowest BCUT2D eigenvalue weighted by molar-refractivity contribution is -0.212. The average molecular weight is 322 g/mol. The number of hydrogen-bond donors (Lipinski definition) is 5. The number of aliphatic carboxylic acids is 1. The fourth-order valence-electron chi connectivity index (χ4n) is 2.67. The first-order valence-electron chi connectivity index (χ1n) is 7.01. The third-order valence-corrected chi connectivity index (χ3v) is 4.01. The maximum absolute atomic E-state index is 12.2. The Kier molecular flexibility index (Phi) is 4.67. The Balaban J connectivity index is 2.28. The molecule has 4 atom stereocenters. The van der Waals surface area contributed by atoms with E-state index in [1.54, 1.807) is 30.3 Å². The van der Waals surface area contributed by atoms with Gasteiger partial charge in [-0.3, -0.25) is 4.79 Å². The fourth-order valence-corrected chi connectivity index (χ4v) is 2.67. The van der Waals surface area contributed by atoms with E-state index in [4.69, 9.17) is 5.11 Å². The van der Waals surface area contributed by atoms with E-state index in [1.165, 1.54) is 6.08 Å². The third-order valence-electron chi connectivity index (χ3n) is 4.01. The molecule has 0 radical (unpaired) electrons. The molecule has 23 heavy (non-hydrogen) atoms. The number of ketones is 1. The zero-order valence-electron chi connectivity index (χ0n) is 12.2. The van der Waals surface area contributed by atoms with Crippen LogP contribution in [0.2, 0.25) is 0 Å². The quantitative estimate of drug-likeness (QED) is 0.464. The van der Waals surface area contributed by atoms with Crippen molar-refractivity contribution < 1.29 is 35.1 Å². The van der Waals surface area contributed by atoms with Gasteiger partial charge in [0.2, 0.25) is 0 Å². The topological polar surface area (TPSA) is 135 Å². The van der Waals surface area contributed by atoms with Gasteiger partial charge in [-0.1, -0.05) is 36.4 Å². The molecule has 1 aromatic carbocycles. The van der Waals surface area contributed by atoms with Gasteiger partial charge in [0.1, 0.15) is 6.10 Å². The van der Waals surface area contributed by atoms with Gasteiger partial charge in [0, 0.05) is 12.8 Å². The van der Waals surface area contributed by atoms with Gasteiger partial charge in [-0.15, -0.1) is 0 Å². The molecule has 2 unspecified atom stereocenters. The molecule has 0 bridgehead atoms. The number of carbonyl (C=O) groups excluding carboxylic acids is 1. The minimum absolute atomic E-state index is 0.656. The Bertz CT molecular complexity index is 627. The molecule has 1 aromatic rings. The predicted octanol–water partition coefficient (Wildman–Crippen LogP) is -0.669. The van der Waals surface area contributed by atoms with E-state index >= 15 is 0 Å².